The van der Waals surface area contributed by atoms with Gasteiger partial charge in [-0.05, 0) is 12.1 Å². The number of nitrogen functional groups attached to an aromatic ring is 1. The van der Waals surface area contributed by atoms with Gasteiger partial charge in [-0.2, -0.15) is 0 Å². The van der Waals surface area contributed by atoms with E-state index in [0.29, 0.717) is 23.0 Å². The molecule has 16 heavy (non-hydrogen) atoms. The number of halogens is 1. The smallest absolute Gasteiger partial charge is 0.150 e. The van der Waals surface area contributed by atoms with E-state index < -0.39 is 0 Å². The molecular formula is C10H8ClN5. The molecule has 3 heterocycles. The molecule has 80 valence electrons. The Morgan fingerprint density at radius 3 is 3.00 bits per heavy atom. The molecule has 0 saturated heterocycles. The van der Waals surface area contributed by atoms with Gasteiger partial charge in [0.2, 0.25) is 0 Å². The molecule has 5 nitrogen and oxygen atoms in total. The average Bonchev–Trinajstić information content (AvgIpc) is 2.74. The second kappa shape index (κ2) is 3.31. The number of pyridine rings is 2. The molecule has 3 aromatic heterocycles. The molecule has 0 unspecified atom stereocenters. The minimum absolute atomic E-state index is 0.308. The summed E-state index contributed by atoms with van der Waals surface area (Å²) in [6.45, 7) is 0. The zero-order valence-electron chi connectivity index (χ0n) is 8.24. The standard InChI is InChI=1S/C10H8ClN5/c11-4-6-15-8-7-5(2-1-3-13-7)14-10(12)9(8)16-6/h1-3H,4H2,(H2,12,14)(H,15,16). The molecule has 0 spiro atoms. The van der Waals surface area contributed by atoms with E-state index in [9.17, 15) is 0 Å². The minimum Gasteiger partial charge on any atom is -0.382 e. The molecular weight excluding hydrogens is 226 g/mol. The SMILES string of the molecule is Nc1nc2cccnc2c2nc(CCl)[nH]c12. The first-order valence-corrected chi connectivity index (χ1v) is 5.28. The van der Waals surface area contributed by atoms with Crippen molar-refractivity contribution in [2.45, 2.75) is 5.88 Å². The summed E-state index contributed by atoms with van der Waals surface area (Å²) in [5.74, 6) is 1.39. The average molecular weight is 234 g/mol. The van der Waals surface area contributed by atoms with E-state index in [1.807, 2.05) is 12.1 Å². The quantitative estimate of drug-likeness (QED) is 0.629. The first-order chi connectivity index (χ1) is 7.79. The number of fused-ring (bicyclic) bond motifs is 3. The molecule has 6 heteroatoms. The summed E-state index contributed by atoms with van der Waals surface area (Å²) < 4.78 is 0. The van der Waals surface area contributed by atoms with E-state index >= 15 is 0 Å². The summed E-state index contributed by atoms with van der Waals surface area (Å²) in [5, 5.41) is 0. The molecule has 0 aromatic carbocycles. The fraction of sp³-hybridized carbons (Fsp3) is 0.100. The van der Waals surface area contributed by atoms with Gasteiger partial charge in [0, 0.05) is 6.20 Å². The van der Waals surface area contributed by atoms with Gasteiger partial charge in [-0.3, -0.25) is 4.98 Å². The van der Waals surface area contributed by atoms with Gasteiger partial charge in [-0.25, -0.2) is 9.97 Å². The van der Waals surface area contributed by atoms with Crippen molar-refractivity contribution in [2.75, 3.05) is 5.73 Å². The summed E-state index contributed by atoms with van der Waals surface area (Å²) >= 11 is 5.73. The van der Waals surface area contributed by atoms with Crippen molar-refractivity contribution in [1.29, 1.82) is 0 Å². The number of aromatic nitrogens is 4. The summed E-state index contributed by atoms with van der Waals surface area (Å²) in [6.07, 6.45) is 1.70. The van der Waals surface area contributed by atoms with Crippen LogP contribution in [0.2, 0.25) is 0 Å². The van der Waals surface area contributed by atoms with Crippen LogP contribution in [-0.4, -0.2) is 19.9 Å². The number of anilines is 1. The summed E-state index contributed by atoms with van der Waals surface area (Å²) in [4.78, 5) is 15.9. The van der Waals surface area contributed by atoms with Gasteiger partial charge >= 0.3 is 0 Å². The van der Waals surface area contributed by atoms with Crippen molar-refractivity contribution >= 4 is 39.5 Å². The molecule has 3 N–H and O–H groups in total. The van der Waals surface area contributed by atoms with Gasteiger partial charge in [0.15, 0.2) is 0 Å². The Balaban J connectivity index is 2.52. The normalized spacial score (nSPS) is 11.3. The maximum absolute atomic E-state index is 5.84. The molecule has 0 amide bonds. The molecule has 0 aliphatic carbocycles. The van der Waals surface area contributed by atoms with Gasteiger partial charge in [0.25, 0.3) is 0 Å². The molecule has 0 fully saturated rings. The van der Waals surface area contributed by atoms with Crippen molar-refractivity contribution in [3.63, 3.8) is 0 Å². The van der Waals surface area contributed by atoms with Gasteiger partial charge in [-0.1, -0.05) is 0 Å². The molecule has 0 saturated carbocycles. The van der Waals surface area contributed by atoms with Crippen LogP contribution in [0.3, 0.4) is 0 Å². The molecule has 0 radical (unpaired) electrons. The van der Waals surface area contributed by atoms with E-state index in [2.05, 4.69) is 19.9 Å². The second-order valence-corrected chi connectivity index (χ2v) is 3.68. The van der Waals surface area contributed by atoms with Crippen LogP contribution in [-0.2, 0) is 5.88 Å². The number of H-pyrrole nitrogens is 1. The van der Waals surface area contributed by atoms with Gasteiger partial charge in [-0.15, -0.1) is 11.6 Å². The number of hydrogen-bond acceptors (Lipinski definition) is 4. The fourth-order valence-electron chi connectivity index (χ4n) is 1.70. The van der Waals surface area contributed by atoms with E-state index in [1.165, 1.54) is 0 Å². The summed E-state index contributed by atoms with van der Waals surface area (Å²) in [5.41, 5.74) is 8.73. The number of nitrogens with zero attached hydrogens (tertiary/aromatic N) is 3. The third kappa shape index (κ3) is 1.22. The Bertz CT molecular complexity index is 675. The number of hydrogen-bond donors (Lipinski definition) is 2. The van der Waals surface area contributed by atoms with Gasteiger partial charge < -0.3 is 10.7 Å². The van der Waals surface area contributed by atoms with Crippen molar-refractivity contribution in [1.82, 2.24) is 19.9 Å². The maximum Gasteiger partial charge on any atom is 0.150 e. The third-order valence-electron chi connectivity index (χ3n) is 2.39. The molecule has 0 aliphatic rings. The maximum atomic E-state index is 5.84. The highest BCUT2D eigenvalue weighted by atomic mass is 35.5. The lowest BCUT2D eigenvalue weighted by Crippen LogP contribution is -1.93. The van der Waals surface area contributed by atoms with Crippen molar-refractivity contribution in [2.24, 2.45) is 0 Å². The number of imidazole rings is 1. The number of alkyl halides is 1. The van der Waals surface area contributed by atoms with E-state index in [-0.39, 0.29) is 0 Å². The van der Waals surface area contributed by atoms with Gasteiger partial charge in [0.05, 0.1) is 11.4 Å². The molecule has 3 rings (SSSR count). The van der Waals surface area contributed by atoms with Crippen molar-refractivity contribution in [3.8, 4) is 0 Å². The van der Waals surface area contributed by atoms with Crippen LogP contribution in [0.15, 0.2) is 18.3 Å². The Hall–Kier alpha value is -1.88. The van der Waals surface area contributed by atoms with Crippen molar-refractivity contribution in [3.05, 3.63) is 24.2 Å². The van der Waals surface area contributed by atoms with Crippen LogP contribution in [0.5, 0.6) is 0 Å². The molecule has 0 atom stereocenters. The fourth-order valence-corrected chi connectivity index (χ4v) is 1.82. The highest BCUT2D eigenvalue weighted by Gasteiger charge is 2.11. The number of aromatic amines is 1. The summed E-state index contributed by atoms with van der Waals surface area (Å²) in [7, 11) is 0. The van der Waals surface area contributed by atoms with E-state index in [1.54, 1.807) is 6.20 Å². The number of nitrogens with two attached hydrogens (primary N) is 1. The Morgan fingerprint density at radius 1 is 1.31 bits per heavy atom. The number of rotatable bonds is 1. The monoisotopic (exact) mass is 233 g/mol. The Morgan fingerprint density at radius 2 is 2.19 bits per heavy atom. The van der Waals surface area contributed by atoms with Gasteiger partial charge in [0.1, 0.15) is 28.2 Å². The van der Waals surface area contributed by atoms with Crippen LogP contribution in [0.25, 0.3) is 22.1 Å². The zero-order chi connectivity index (χ0) is 11.1. The van der Waals surface area contributed by atoms with E-state index in [4.69, 9.17) is 17.3 Å². The summed E-state index contributed by atoms with van der Waals surface area (Å²) in [6, 6.07) is 3.67. The molecule has 3 aromatic rings. The number of nitrogens with one attached hydrogen (secondary N) is 1. The lowest BCUT2D eigenvalue weighted by molar-refractivity contribution is 1.13. The Labute approximate surface area is 95.7 Å². The Kier molecular flexibility index (Phi) is 1.94. The lowest BCUT2D eigenvalue weighted by atomic mass is 10.3. The van der Waals surface area contributed by atoms with Crippen LogP contribution < -0.4 is 5.73 Å². The lowest BCUT2D eigenvalue weighted by Gasteiger charge is -1.99. The minimum atomic E-state index is 0.308. The van der Waals surface area contributed by atoms with Crippen LogP contribution in [0.4, 0.5) is 5.82 Å². The molecule has 0 bridgehead atoms. The van der Waals surface area contributed by atoms with Crippen LogP contribution in [0, 0.1) is 0 Å². The highest BCUT2D eigenvalue weighted by Crippen LogP contribution is 2.24. The first kappa shape index (κ1) is 9.35. The second-order valence-electron chi connectivity index (χ2n) is 3.41. The molecule has 0 aliphatic heterocycles. The van der Waals surface area contributed by atoms with E-state index in [0.717, 1.165) is 16.6 Å². The highest BCUT2D eigenvalue weighted by molar-refractivity contribution is 6.17. The third-order valence-corrected chi connectivity index (χ3v) is 2.64. The first-order valence-electron chi connectivity index (χ1n) is 4.74. The van der Waals surface area contributed by atoms with Crippen molar-refractivity contribution < 1.29 is 0 Å². The predicted molar refractivity (Wildman–Crippen MR) is 63.2 cm³/mol. The van der Waals surface area contributed by atoms with Crippen LogP contribution >= 0.6 is 11.6 Å². The predicted octanol–water partition coefficient (Wildman–Crippen LogP) is 1.83. The topological polar surface area (TPSA) is 80.5 Å². The largest absolute Gasteiger partial charge is 0.382 e. The zero-order valence-corrected chi connectivity index (χ0v) is 8.99. The van der Waals surface area contributed by atoms with Crippen LogP contribution in [0.1, 0.15) is 5.82 Å².